The maximum absolute atomic E-state index is 5.27. The maximum Gasteiger partial charge on any atom is 0.224 e. The predicted octanol–water partition coefficient (Wildman–Crippen LogP) is 2.53. The molecule has 1 aliphatic heterocycles. The van der Waals surface area contributed by atoms with Gasteiger partial charge < -0.3 is 15.0 Å². The molecule has 2 heterocycles. The van der Waals surface area contributed by atoms with Crippen LogP contribution in [0, 0.1) is 5.92 Å². The first-order valence-electron chi connectivity index (χ1n) is 6.75. The molecule has 1 aromatic rings. The first-order valence-corrected chi connectivity index (χ1v) is 7.54. The molecule has 0 radical (unpaired) electrons. The lowest BCUT2D eigenvalue weighted by Gasteiger charge is -2.33. The van der Waals surface area contributed by atoms with E-state index in [1.54, 1.807) is 7.11 Å². The Morgan fingerprint density at radius 3 is 3.16 bits per heavy atom. The van der Waals surface area contributed by atoms with Crippen LogP contribution in [0.2, 0.25) is 0 Å². The molecule has 2 rings (SSSR count). The predicted molar refractivity (Wildman–Crippen MR) is 80.7 cm³/mol. The Bertz CT molecular complexity index is 414. The van der Waals surface area contributed by atoms with Gasteiger partial charge in [0, 0.05) is 32.9 Å². The van der Waals surface area contributed by atoms with Crippen molar-refractivity contribution in [1.82, 2.24) is 9.97 Å². The first kappa shape index (κ1) is 14.5. The molecule has 0 saturated carbocycles. The highest BCUT2D eigenvalue weighted by Gasteiger charge is 2.22. The van der Waals surface area contributed by atoms with Gasteiger partial charge in [-0.3, -0.25) is 0 Å². The number of ether oxygens (including phenoxy) is 1. The molecule has 1 N–H and O–H groups in total. The quantitative estimate of drug-likeness (QED) is 0.900. The molecule has 1 atom stereocenters. The Kier molecular flexibility index (Phi) is 5.39. The Labute approximate surface area is 122 Å². The fourth-order valence-corrected chi connectivity index (χ4v) is 2.89. The van der Waals surface area contributed by atoms with Crippen LogP contribution in [0.4, 0.5) is 11.8 Å². The largest absolute Gasteiger partial charge is 0.384 e. The Balaban J connectivity index is 2.13. The summed E-state index contributed by atoms with van der Waals surface area (Å²) in [4.78, 5) is 11.2. The Morgan fingerprint density at radius 2 is 2.42 bits per heavy atom. The summed E-state index contributed by atoms with van der Waals surface area (Å²) in [6.07, 6.45) is 4.23. The van der Waals surface area contributed by atoms with Crippen LogP contribution in [0.25, 0.3) is 0 Å². The molecule has 1 aliphatic rings. The van der Waals surface area contributed by atoms with Gasteiger partial charge in [0.05, 0.1) is 11.1 Å². The number of aromatic nitrogens is 2. The molecule has 5 nitrogen and oxygen atoms in total. The maximum atomic E-state index is 5.27. The van der Waals surface area contributed by atoms with Crippen LogP contribution in [0.1, 0.15) is 19.8 Å². The normalized spacial score (nSPS) is 19.5. The summed E-state index contributed by atoms with van der Waals surface area (Å²) in [7, 11) is 1.77. The molecular weight excluding hydrogens is 308 g/mol. The molecule has 6 heteroatoms. The standard InChI is InChI=1S/C13H21BrN4O/c1-3-15-13-16-7-11(14)12(17-13)18-6-4-5-10(8-18)9-19-2/h7,10H,3-6,8-9H2,1-2H3,(H,15,16,17). The Hall–Kier alpha value is -0.880. The molecule has 19 heavy (non-hydrogen) atoms. The lowest BCUT2D eigenvalue weighted by atomic mass is 9.99. The second-order valence-electron chi connectivity index (χ2n) is 4.81. The zero-order valence-corrected chi connectivity index (χ0v) is 13.1. The van der Waals surface area contributed by atoms with Gasteiger partial charge >= 0.3 is 0 Å². The summed E-state index contributed by atoms with van der Waals surface area (Å²) in [5.74, 6) is 2.25. The summed E-state index contributed by atoms with van der Waals surface area (Å²) in [5.41, 5.74) is 0. The third kappa shape index (κ3) is 3.79. The van der Waals surface area contributed by atoms with E-state index in [9.17, 15) is 0 Å². The van der Waals surface area contributed by atoms with E-state index in [-0.39, 0.29) is 0 Å². The van der Waals surface area contributed by atoms with Crippen molar-refractivity contribution in [3.8, 4) is 0 Å². The molecule has 1 saturated heterocycles. The minimum absolute atomic E-state index is 0.586. The van der Waals surface area contributed by atoms with Gasteiger partial charge in [-0.2, -0.15) is 4.98 Å². The molecule has 1 unspecified atom stereocenters. The SMILES string of the molecule is CCNc1ncc(Br)c(N2CCCC(COC)C2)n1. The van der Waals surface area contributed by atoms with Crippen LogP contribution >= 0.6 is 15.9 Å². The summed E-state index contributed by atoms with van der Waals surface area (Å²) in [6.45, 7) is 5.73. The Morgan fingerprint density at radius 1 is 1.58 bits per heavy atom. The first-order chi connectivity index (χ1) is 9.24. The minimum Gasteiger partial charge on any atom is -0.384 e. The van der Waals surface area contributed by atoms with E-state index in [2.05, 4.69) is 36.1 Å². The van der Waals surface area contributed by atoms with Crippen LogP contribution in [0.15, 0.2) is 10.7 Å². The van der Waals surface area contributed by atoms with E-state index in [0.717, 1.165) is 36.5 Å². The van der Waals surface area contributed by atoms with Crippen LogP contribution < -0.4 is 10.2 Å². The van der Waals surface area contributed by atoms with Gasteiger partial charge in [-0.05, 0) is 41.6 Å². The average Bonchev–Trinajstić information content (AvgIpc) is 2.42. The smallest absolute Gasteiger partial charge is 0.224 e. The van der Waals surface area contributed by atoms with E-state index in [1.165, 1.54) is 12.8 Å². The summed E-state index contributed by atoms with van der Waals surface area (Å²) in [6, 6.07) is 0. The van der Waals surface area contributed by atoms with E-state index >= 15 is 0 Å². The number of nitrogens with zero attached hydrogens (tertiary/aromatic N) is 3. The monoisotopic (exact) mass is 328 g/mol. The summed E-state index contributed by atoms with van der Waals surface area (Å²) < 4.78 is 6.23. The number of hydrogen-bond acceptors (Lipinski definition) is 5. The van der Waals surface area contributed by atoms with Crippen molar-refractivity contribution >= 4 is 27.7 Å². The highest BCUT2D eigenvalue weighted by molar-refractivity contribution is 9.10. The highest BCUT2D eigenvalue weighted by Crippen LogP contribution is 2.28. The average molecular weight is 329 g/mol. The highest BCUT2D eigenvalue weighted by atomic mass is 79.9. The third-order valence-electron chi connectivity index (χ3n) is 3.28. The van der Waals surface area contributed by atoms with Crippen molar-refractivity contribution in [2.24, 2.45) is 5.92 Å². The van der Waals surface area contributed by atoms with Crippen LogP contribution in [0.5, 0.6) is 0 Å². The second kappa shape index (κ2) is 7.05. The number of halogens is 1. The molecule has 0 amide bonds. The summed E-state index contributed by atoms with van der Waals surface area (Å²) >= 11 is 3.55. The molecule has 1 aromatic heterocycles. The van der Waals surface area contributed by atoms with E-state index < -0.39 is 0 Å². The van der Waals surface area contributed by atoms with Crippen molar-refractivity contribution in [3.05, 3.63) is 10.7 Å². The van der Waals surface area contributed by atoms with Crippen molar-refractivity contribution in [2.75, 3.05) is 43.6 Å². The van der Waals surface area contributed by atoms with Gasteiger partial charge in [0.2, 0.25) is 5.95 Å². The van der Waals surface area contributed by atoms with Gasteiger partial charge in [-0.15, -0.1) is 0 Å². The van der Waals surface area contributed by atoms with Crippen LogP contribution in [0.3, 0.4) is 0 Å². The molecule has 0 aromatic carbocycles. The molecule has 106 valence electrons. The number of rotatable bonds is 5. The van der Waals surface area contributed by atoms with Gasteiger partial charge in [-0.25, -0.2) is 4.98 Å². The van der Waals surface area contributed by atoms with Crippen LogP contribution in [-0.2, 0) is 4.74 Å². The number of piperidine rings is 1. The number of methoxy groups -OCH3 is 1. The van der Waals surface area contributed by atoms with E-state index in [0.29, 0.717) is 11.9 Å². The number of hydrogen-bond donors (Lipinski definition) is 1. The fourth-order valence-electron chi connectivity index (χ4n) is 2.45. The van der Waals surface area contributed by atoms with Crippen molar-refractivity contribution in [3.63, 3.8) is 0 Å². The lowest BCUT2D eigenvalue weighted by Crippen LogP contribution is -2.38. The molecule has 0 aliphatic carbocycles. The van der Waals surface area contributed by atoms with Gasteiger partial charge in [0.15, 0.2) is 0 Å². The zero-order chi connectivity index (χ0) is 13.7. The molecular formula is C13H21BrN4O. The zero-order valence-electron chi connectivity index (χ0n) is 11.5. The summed E-state index contributed by atoms with van der Waals surface area (Å²) in [5, 5.41) is 3.16. The molecule has 1 fully saturated rings. The van der Waals surface area contributed by atoms with E-state index in [1.807, 2.05) is 13.1 Å². The van der Waals surface area contributed by atoms with Crippen molar-refractivity contribution in [1.29, 1.82) is 0 Å². The van der Waals surface area contributed by atoms with Crippen LogP contribution in [-0.4, -0.2) is 43.3 Å². The topological polar surface area (TPSA) is 50.3 Å². The van der Waals surface area contributed by atoms with Gasteiger partial charge in [0.1, 0.15) is 5.82 Å². The fraction of sp³-hybridized carbons (Fsp3) is 0.692. The lowest BCUT2D eigenvalue weighted by molar-refractivity contribution is 0.143. The van der Waals surface area contributed by atoms with Crippen molar-refractivity contribution < 1.29 is 4.74 Å². The molecule has 0 spiro atoms. The second-order valence-corrected chi connectivity index (χ2v) is 5.66. The molecule has 0 bridgehead atoms. The van der Waals surface area contributed by atoms with Gasteiger partial charge in [0.25, 0.3) is 0 Å². The number of anilines is 2. The minimum atomic E-state index is 0.586. The van der Waals surface area contributed by atoms with Crippen molar-refractivity contribution in [2.45, 2.75) is 19.8 Å². The van der Waals surface area contributed by atoms with Gasteiger partial charge in [-0.1, -0.05) is 0 Å². The third-order valence-corrected chi connectivity index (χ3v) is 3.84. The number of nitrogens with one attached hydrogen (secondary N) is 1. The van der Waals surface area contributed by atoms with E-state index in [4.69, 9.17) is 4.74 Å².